The van der Waals surface area contributed by atoms with E-state index in [1.165, 1.54) is 11.3 Å². The maximum atomic E-state index is 12.3. The second kappa shape index (κ2) is 12.8. The molecule has 184 valence electrons. The van der Waals surface area contributed by atoms with Crippen molar-refractivity contribution in [3.05, 3.63) is 94.4 Å². The average Bonchev–Trinajstić information content (AvgIpc) is 3.35. The summed E-state index contributed by atoms with van der Waals surface area (Å²) >= 11 is 1.32. The number of nitrogens with one attached hydrogen (secondary N) is 2. The van der Waals surface area contributed by atoms with E-state index in [1.807, 2.05) is 6.07 Å². The van der Waals surface area contributed by atoms with E-state index in [1.54, 1.807) is 60.9 Å². The Morgan fingerprint density at radius 2 is 1.84 bits per heavy atom. The largest absolute Gasteiger partial charge is 0.310 e. The molecule has 0 aliphatic carbocycles. The molecule has 0 aliphatic heterocycles. The van der Waals surface area contributed by atoms with Gasteiger partial charge < -0.3 is 10.6 Å². The van der Waals surface area contributed by atoms with Crippen molar-refractivity contribution in [1.82, 2.24) is 20.2 Å². The third kappa shape index (κ3) is 8.16. The number of anilines is 2. The number of pyridine rings is 2. The first-order valence-electron chi connectivity index (χ1n) is 11.4. The van der Waals surface area contributed by atoms with Crippen molar-refractivity contribution < 1.29 is 14.4 Å². The summed E-state index contributed by atoms with van der Waals surface area (Å²) in [5.74, 6) is 6.12. The van der Waals surface area contributed by atoms with Crippen LogP contribution in [-0.4, -0.2) is 38.3 Å². The summed E-state index contributed by atoms with van der Waals surface area (Å²) < 4.78 is 0. The molecule has 0 fully saturated rings. The third-order valence-electron chi connectivity index (χ3n) is 4.96. The van der Waals surface area contributed by atoms with E-state index in [9.17, 15) is 14.4 Å². The maximum Gasteiger partial charge on any atom is 0.232 e. The molecule has 0 saturated carbocycles. The SMILES string of the molecule is O=Cc1cccc(CC(=O)Nc2ccc(C#CCCc3nnc(NC(=O)Cc4ccccn4)s3)cn2)c1. The minimum Gasteiger partial charge on any atom is -0.310 e. The first-order chi connectivity index (χ1) is 18.1. The van der Waals surface area contributed by atoms with Gasteiger partial charge in [-0.15, -0.1) is 10.2 Å². The minimum atomic E-state index is -0.223. The molecule has 0 aliphatic rings. The molecule has 0 spiro atoms. The third-order valence-corrected chi connectivity index (χ3v) is 5.86. The molecule has 0 unspecified atom stereocenters. The molecule has 0 atom stereocenters. The zero-order chi connectivity index (χ0) is 25.9. The Balaban J connectivity index is 1.21. The van der Waals surface area contributed by atoms with Crippen LogP contribution in [-0.2, 0) is 28.9 Å². The van der Waals surface area contributed by atoms with Crippen molar-refractivity contribution in [3.63, 3.8) is 0 Å². The number of rotatable bonds is 9. The number of hydrogen-bond donors (Lipinski definition) is 2. The lowest BCUT2D eigenvalue weighted by Crippen LogP contribution is -2.15. The van der Waals surface area contributed by atoms with Gasteiger partial charge in [-0.1, -0.05) is 47.4 Å². The van der Waals surface area contributed by atoms with Crippen molar-refractivity contribution in [2.24, 2.45) is 0 Å². The molecule has 3 heterocycles. The number of carbonyl (C=O) groups is 3. The number of aldehydes is 1. The van der Waals surface area contributed by atoms with Crippen LogP contribution in [0.1, 0.15) is 38.6 Å². The molecule has 0 bridgehead atoms. The number of benzene rings is 1. The Labute approximate surface area is 217 Å². The number of aryl methyl sites for hydroxylation is 1. The summed E-state index contributed by atoms with van der Waals surface area (Å²) in [5, 5.41) is 14.8. The van der Waals surface area contributed by atoms with Crippen LogP contribution in [0.25, 0.3) is 0 Å². The molecular formula is C27H22N6O3S. The second-order valence-corrected chi connectivity index (χ2v) is 8.93. The van der Waals surface area contributed by atoms with E-state index in [4.69, 9.17) is 0 Å². The summed E-state index contributed by atoms with van der Waals surface area (Å²) in [4.78, 5) is 43.6. The van der Waals surface area contributed by atoms with E-state index < -0.39 is 0 Å². The zero-order valence-electron chi connectivity index (χ0n) is 19.7. The van der Waals surface area contributed by atoms with Gasteiger partial charge in [-0.2, -0.15) is 0 Å². The van der Waals surface area contributed by atoms with Gasteiger partial charge in [0.1, 0.15) is 17.1 Å². The molecule has 4 rings (SSSR count). The Kier molecular flexibility index (Phi) is 8.77. The average molecular weight is 511 g/mol. The van der Waals surface area contributed by atoms with Crippen LogP contribution in [0.2, 0.25) is 0 Å². The lowest BCUT2D eigenvalue weighted by molar-refractivity contribution is -0.116. The molecule has 0 saturated heterocycles. The van der Waals surface area contributed by atoms with Gasteiger partial charge in [0.15, 0.2) is 0 Å². The van der Waals surface area contributed by atoms with Gasteiger partial charge in [0.05, 0.1) is 12.8 Å². The topological polar surface area (TPSA) is 127 Å². The number of hydrogen-bond acceptors (Lipinski definition) is 8. The van der Waals surface area contributed by atoms with Crippen LogP contribution in [0.4, 0.5) is 10.9 Å². The molecule has 3 aromatic heterocycles. The van der Waals surface area contributed by atoms with Gasteiger partial charge in [0.25, 0.3) is 0 Å². The number of nitrogens with zero attached hydrogens (tertiary/aromatic N) is 4. The highest BCUT2D eigenvalue weighted by atomic mass is 32.1. The Hall–Kier alpha value is -4.75. The fourth-order valence-electron chi connectivity index (χ4n) is 3.26. The number of carbonyl (C=O) groups excluding carboxylic acids is 3. The Bertz CT molecular complexity index is 1440. The van der Waals surface area contributed by atoms with Gasteiger partial charge >= 0.3 is 0 Å². The molecular weight excluding hydrogens is 488 g/mol. The van der Waals surface area contributed by atoms with Crippen LogP contribution >= 0.6 is 11.3 Å². The van der Waals surface area contributed by atoms with E-state index in [-0.39, 0.29) is 24.7 Å². The van der Waals surface area contributed by atoms with Crippen molar-refractivity contribution in [2.45, 2.75) is 25.7 Å². The summed E-state index contributed by atoms with van der Waals surface area (Å²) in [7, 11) is 0. The highest BCUT2D eigenvalue weighted by Gasteiger charge is 2.09. The normalized spacial score (nSPS) is 10.2. The first kappa shape index (κ1) is 25.3. The lowest BCUT2D eigenvalue weighted by atomic mass is 10.1. The van der Waals surface area contributed by atoms with Gasteiger partial charge in [-0.3, -0.25) is 19.4 Å². The Morgan fingerprint density at radius 1 is 0.946 bits per heavy atom. The quantitative estimate of drug-likeness (QED) is 0.261. The molecule has 2 amide bonds. The van der Waals surface area contributed by atoms with Crippen LogP contribution in [0.3, 0.4) is 0 Å². The fraction of sp³-hybridized carbons (Fsp3) is 0.148. The molecule has 1 aromatic carbocycles. The van der Waals surface area contributed by atoms with Crippen LogP contribution in [0.5, 0.6) is 0 Å². The Morgan fingerprint density at radius 3 is 2.62 bits per heavy atom. The van der Waals surface area contributed by atoms with E-state index >= 15 is 0 Å². The highest BCUT2D eigenvalue weighted by molar-refractivity contribution is 7.15. The van der Waals surface area contributed by atoms with Crippen molar-refractivity contribution in [2.75, 3.05) is 10.6 Å². The van der Waals surface area contributed by atoms with E-state index in [2.05, 4.69) is 42.6 Å². The summed E-state index contributed by atoms with van der Waals surface area (Å²) in [6.45, 7) is 0. The number of amides is 2. The van der Waals surface area contributed by atoms with Crippen molar-refractivity contribution in [3.8, 4) is 11.8 Å². The van der Waals surface area contributed by atoms with Crippen LogP contribution < -0.4 is 10.6 Å². The minimum absolute atomic E-state index is 0.145. The first-order valence-corrected chi connectivity index (χ1v) is 12.2. The molecule has 2 N–H and O–H groups in total. The molecule has 9 nitrogen and oxygen atoms in total. The zero-order valence-corrected chi connectivity index (χ0v) is 20.5. The summed E-state index contributed by atoms with van der Waals surface area (Å²) in [5.41, 5.74) is 2.68. The van der Waals surface area contributed by atoms with Crippen LogP contribution in [0, 0.1) is 11.8 Å². The standard InChI is InChI=1S/C27H22N6O3S/c34-18-21-8-5-7-20(14-21)15-24(35)30-23-12-11-19(17-29-23)6-1-2-10-26-32-33-27(37-26)31-25(36)16-22-9-3-4-13-28-22/h3-5,7-9,11-14,17-18H,2,10,15-16H2,(H,29,30,35)(H,31,33,36). The second-order valence-electron chi connectivity index (χ2n) is 7.87. The van der Waals surface area contributed by atoms with Gasteiger partial charge in [0.2, 0.25) is 16.9 Å². The van der Waals surface area contributed by atoms with Gasteiger partial charge in [0, 0.05) is 42.1 Å². The van der Waals surface area contributed by atoms with E-state index in [0.29, 0.717) is 35.0 Å². The predicted octanol–water partition coefficient (Wildman–Crippen LogP) is 3.49. The highest BCUT2D eigenvalue weighted by Crippen LogP contribution is 2.17. The van der Waals surface area contributed by atoms with Gasteiger partial charge in [-0.25, -0.2) is 4.98 Å². The fourth-order valence-corrected chi connectivity index (χ4v) is 4.02. The van der Waals surface area contributed by atoms with Gasteiger partial charge in [-0.05, 0) is 35.9 Å². The summed E-state index contributed by atoms with van der Waals surface area (Å²) in [6, 6.07) is 15.8. The summed E-state index contributed by atoms with van der Waals surface area (Å²) in [6.07, 6.45) is 5.48. The number of aromatic nitrogens is 4. The van der Waals surface area contributed by atoms with E-state index in [0.717, 1.165) is 22.4 Å². The molecule has 0 radical (unpaired) electrons. The monoisotopic (exact) mass is 510 g/mol. The van der Waals surface area contributed by atoms with Crippen molar-refractivity contribution in [1.29, 1.82) is 0 Å². The molecule has 37 heavy (non-hydrogen) atoms. The lowest BCUT2D eigenvalue weighted by Gasteiger charge is -2.05. The van der Waals surface area contributed by atoms with Crippen molar-refractivity contribution >= 4 is 40.4 Å². The predicted molar refractivity (Wildman–Crippen MR) is 140 cm³/mol. The molecule has 10 heteroatoms. The maximum absolute atomic E-state index is 12.3. The van der Waals surface area contributed by atoms with Crippen LogP contribution in [0.15, 0.2) is 67.0 Å². The smallest absolute Gasteiger partial charge is 0.232 e. The molecule has 4 aromatic rings.